The summed E-state index contributed by atoms with van der Waals surface area (Å²) in [5.41, 5.74) is -0.894. The van der Waals surface area contributed by atoms with E-state index in [1.165, 1.54) is 4.57 Å². The van der Waals surface area contributed by atoms with Crippen molar-refractivity contribution >= 4 is 5.82 Å². The Labute approximate surface area is 136 Å². The number of aromatic nitrogens is 2. The van der Waals surface area contributed by atoms with Crippen molar-refractivity contribution in [3.8, 4) is 5.88 Å². The zero-order valence-corrected chi connectivity index (χ0v) is 13.4. The molecule has 0 fully saturated rings. The van der Waals surface area contributed by atoms with Crippen LogP contribution in [0.15, 0.2) is 23.0 Å². The van der Waals surface area contributed by atoms with Crippen molar-refractivity contribution in [3.05, 3.63) is 51.7 Å². The number of fused-ring (bicyclic) bond motifs is 1. The van der Waals surface area contributed by atoms with Gasteiger partial charge < -0.3 is 9.64 Å². The Balaban J connectivity index is 1.86. The molecule has 128 valence electrons. The molecule has 0 radical (unpaired) electrons. The van der Waals surface area contributed by atoms with Crippen LogP contribution < -0.4 is 15.3 Å². The quantitative estimate of drug-likeness (QED) is 0.806. The molecular weight excluding hydrogens is 323 g/mol. The Bertz CT molecular complexity index is 864. The number of nitrogens with zero attached hydrogens (tertiary/aromatic N) is 3. The van der Waals surface area contributed by atoms with Gasteiger partial charge in [-0.2, -0.15) is 4.98 Å². The third-order valence-corrected chi connectivity index (χ3v) is 4.23. The zero-order valence-electron chi connectivity index (χ0n) is 13.4. The van der Waals surface area contributed by atoms with E-state index in [9.17, 15) is 18.0 Å². The number of likely N-dealkylation sites (N-methyl/N-ethyl adjacent to an activating group) is 1. The van der Waals surface area contributed by atoms with Gasteiger partial charge in [-0.05, 0) is 19.9 Å². The lowest BCUT2D eigenvalue weighted by Gasteiger charge is -2.28. The first kappa shape index (κ1) is 16.4. The average molecular weight is 339 g/mol. The molecule has 24 heavy (non-hydrogen) atoms. The molecule has 0 N–H and O–H groups in total. The maximum absolute atomic E-state index is 13.6. The summed E-state index contributed by atoms with van der Waals surface area (Å²) in [6.07, 6.45) is 0. The van der Waals surface area contributed by atoms with Crippen LogP contribution in [0.4, 0.5) is 19.0 Å². The summed E-state index contributed by atoms with van der Waals surface area (Å²) < 4.78 is 46.6. The van der Waals surface area contributed by atoms with Gasteiger partial charge in [0, 0.05) is 24.7 Å². The fourth-order valence-electron chi connectivity index (χ4n) is 2.60. The SMILES string of the molecule is CN1c2cc(OCc3cc(F)c(F)cc3F)nc(=O)n2CC1(C)C. The van der Waals surface area contributed by atoms with Gasteiger partial charge in [-0.25, -0.2) is 18.0 Å². The molecule has 5 nitrogen and oxygen atoms in total. The number of anilines is 1. The van der Waals surface area contributed by atoms with Gasteiger partial charge in [0.1, 0.15) is 18.2 Å². The minimum absolute atomic E-state index is 0.0000619. The topological polar surface area (TPSA) is 47.4 Å². The molecule has 1 aliphatic rings. The smallest absolute Gasteiger partial charge is 0.352 e. The lowest BCUT2D eigenvalue weighted by molar-refractivity contribution is 0.284. The van der Waals surface area contributed by atoms with Gasteiger partial charge in [0.05, 0.1) is 12.1 Å². The van der Waals surface area contributed by atoms with Crippen LogP contribution in [0.2, 0.25) is 0 Å². The van der Waals surface area contributed by atoms with E-state index in [0.717, 1.165) is 6.07 Å². The molecule has 1 aromatic heterocycles. The number of rotatable bonds is 3. The Morgan fingerprint density at radius 3 is 2.54 bits per heavy atom. The predicted molar refractivity (Wildman–Crippen MR) is 81.6 cm³/mol. The van der Waals surface area contributed by atoms with E-state index in [1.807, 2.05) is 25.8 Å². The van der Waals surface area contributed by atoms with Crippen LogP contribution in [0.1, 0.15) is 19.4 Å². The third-order valence-electron chi connectivity index (χ3n) is 4.23. The summed E-state index contributed by atoms with van der Waals surface area (Å²) in [5.74, 6) is -2.74. The summed E-state index contributed by atoms with van der Waals surface area (Å²) in [7, 11) is 1.84. The molecule has 0 amide bonds. The fourth-order valence-corrected chi connectivity index (χ4v) is 2.60. The number of hydrogen-bond acceptors (Lipinski definition) is 4. The first-order valence-electron chi connectivity index (χ1n) is 7.31. The van der Waals surface area contributed by atoms with Crippen molar-refractivity contribution in [1.82, 2.24) is 9.55 Å². The molecule has 8 heteroatoms. The zero-order chi connectivity index (χ0) is 17.6. The Morgan fingerprint density at radius 1 is 1.17 bits per heavy atom. The Kier molecular flexibility index (Phi) is 3.77. The number of halogens is 3. The lowest BCUT2D eigenvalue weighted by atomic mass is 10.1. The number of benzene rings is 1. The molecule has 3 rings (SSSR count). The average Bonchev–Trinajstić information content (AvgIpc) is 2.73. The maximum Gasteiger partial charge on any atom is 0.352 e. The number of ether oxygens (including phenoxy) is 1. The second-order valence-corrected chi connectivity index (χ2v) is 6.34. The van der Waals surface area contributed by atoms with E-state index in [1.54, 1.807) is 6.07 Å². The van der Waals surface area contributed by atoms with Crippen LogP contribution in [0.25, 0.3) is 0 Å². The fraction of sp³-hybridized carbons (Fsp3) is 0.375. The molecule has 0 spiro atoms. The summed E-state index contributed by atoms with van der Waals surface area (Å²) in [6.45, 7) is 4.09. The molecular formula is C16H16F3N3O2. The standard InChI is InChI=1S/C16H16F3N3O2/c1-16(2)8-22-14(21(16)3)6-13(20-15(22)23)24-7-9-4-11(18)12(19)5-10(9)17/h4-6H,7-8H2,1-3H3. The van der Waals surface area contributed by atoms with Crippen LogP contribution in [0.5, 0.6) is 5.88 Å². The molecule has 0 aliphatic carbocycles. The summed E-state index contributed by atoms with van der Waals surface area (Å²) in [6, 6.07) is 2.74. The van der Waals surface area contributed by atoms with Gasteiger partial charge >= 0.3 is 5.69 Å². The lowest BCUT2D eigenvalue weighted by Crippen LogP contribution is -2.38. The van der Waals surface area contributed by atoms with E-state index >= 15 is 0 Å². The molecule has 1 aromatic carbocycles. The number of hydrogen-bond donors (Lipinski definition) is 0. The summed E-state index contributed by atoms with van der Waals surface area (Å²) in [4.78, 5) is 17.8. The van der Waals surface area contributed by atoms with Crippen LogP contribution in [-0.4, -0.2) is 22.1 Å². The first-order chi connectivity index (χ1) is 11.2. The van der Waals surface area contributed by atoms with Crippen molar-refractivity contribution in [2.24, 2.45) is 0 Å². The van der Waals surface area contributed by atoms with Crippen molar-refractivity contribution in [1.29, 1.82) is 0 Å². The molecule has 2 heterocycles. The second-order valence-electron chi connectivity index (χ2n) is 6.34. The molecule has 1 aliphatic heterocycles. The maximum atomic E-state index is 13.6. The predicted octanol–water partition coefficient (Wildman–Crippen LogP) is 2.47. The van der Waals surface area contributed by atoms with E-state index in [-0.39, 0.29) is 23.6 Å². The van der Waals surface area contributed by atoms with Crippen LogP contribution in [-0.2, 0) is 13.2 Å². The second kappa shape index (κ2) is 5.54. The van der Waals surface area contributed by atoms with Gasteiger partial charge in [-0.1, -0.05) is 0 Å². The van der Waals surface area contributed by atoms with Gasteiger partial charge in [-0.15, -0.1) is 0 Å². The largest absolute Gasteiger partial charge is 0.472 e. The Hall–Kier alpha value is -2.51. The Morgan fingerprint density at radius 2 is 1.83 bits per heavy atom. The molecule has 0 saturated carbocycles. The van der Waals surface area contributed by atoms with Gasteiger partial charge in [0.25, 0.3) is 0 Å². The van der Waals surface area contributed by atoms with Gasteiger partial charge in [-0.3, -0.25) is 4.57 Å². The highest BCUT2D eigenvalue weighted by molar-refractivity contribution is 5.47. The van der Waals surface area contributed by atoms with Gasteiger partial charge in [0.2, 0.25) is 5.88 Å². The summed E-state index contributed by atoms with van der Waals surface area (Å²) >= 11 is 0. The van der Waals surface area contributed by atoms with Crippen LogP contribution >= 0.6 is 0 Å². The van der Waals surface area contributed by atoms with E-state index < -0.39 is 23.1 Å². The van der Waals surface area contributed by atoms with Crippen molar-refractivity contribution in [2.45, 2.75) is 32.5 Å². The molecule has 0 bridgehead atoms. The van der Waals surface area contributed by atoms with Crippen LogP contribution in [0, 0.1) is 17.5 Å². The van der Waals surface area contributed by atoms with E-state index in [2.05, 4.69) is 4.98 Å². The highest BCUT2D eigenvalue weighted by Gasteiger charge is 2.34. The molecule has 0 atom stereocenters. The van der Waals surface area contributed by atoms with E-state index in [0.29, 0.717) is 18.4 Å². The normalized spacial score (nSPS) is 15.5. The molecule has 0 saturated heterocycles. The van der Waals surface area contributed by atoms with Crippen molar-refractivity contribution < 1.29 is 17.9 Å². The molecule has 0 unspecified atom stereocenters. The minimum atomic E-state index is -1.27. The van der Waals surface area contributed by atoms with Crippen molar-refractivity contribution in [2.75, 3.05) is 11.9 Å². The highest BCUT2D eigenvalue weighted by atomic mass is 19.2. The highest BCUT2D eigenvalue weighted by Crippen LogP contribution is 2.31. The van der Waals surface area contributed by atoms with Crippen molar-refractivity contribution in [3.63, 3.8) is 0 Å². The van der Waals surface area contributed by atoms with Crippen LogP contribution in [0.3, 0.4) is 0 Å². The van der Waals surface area contributed by atoms with Gasteiger partial charge in [0.15, 0.2) is 11.6 Å². The minimum Gasteiger partial charge on any atom is -0.472 e. The third kappa shape index (κ3) is 2.72. The summed E-state index contributed by atoms with van der Waals surface area (Å²) in [5, 5.41) is 0. The monoisotopic (exact) mass is 339 g/mol. The molecule has 2 aromatic rings. The van der Waals surface area contributed by atoms with E-state index in [4.69, 9.17) is 4.74 Å². The first-order valence-corrected chi connectivity index (χ1v) is 7.31.